The number of amides is 1. The highest BCUT2D eigenvalue weighted by Gasteiger charge is 2.19. The van der Waals surface area contributed by atoms with Crippen molar-refractivity contribution in [2.75, 3.05) is 19.0 Å². The zero-order valence-corrected chi connectivity index (χ0v) is 15.4. The second-order valence-electron chi connectivity index (χ2n) is 5.93. The summed E-state index contributed by atoms with van der Waals surface area (Å²) in [7, 11) is 1.51. The van der Waals surface area contributed by atoms with Crippen molar-refractivity contribution in [3.63, 3.8) is 0 Å². The highest BCUT2D eigenvalue weighted by atomic mass is 16.6. The zero-order valence-electron chi connectivity index (χ0n) is 15.4. The van der Waals surface area contributed by atoms with Crippen LogP contribution < -0.4 is 14.8 Å². The van der Waals surface area contributed by atoms with Gasteiger partial charge < -0.3 is 19.5 Å². The van der Waals surface area contributed by atoms with Crippen molar-refractivity contribution in [1.82, 2.24) is 0 Å². The molecule has 0 aliphatic heterocycles. The lowest BCUT2D eigenvalue weighted by Crippen LogP contribution is -2.31. The van der Waals surface area contributed by atoms with Gasteiger partial charge in [-0.05, 0) is 56.2 Å². The predicted molar refractivity (Wildman–Crippen MR) is 98.6 cm³/mol. The van der Waals surface area contributed by atoms with Crippen LogP contribution >= 0.6 is 0 Å². The van der Waals surface area contributed by atoms with Crippen LogP contribution in [0, 0.1) is 13.8 Å². The van der Waals surface area contributed by atoms with Crippen LogP contribution in [0.4, 0.5) is 5.69 Å². The molecule has 2 rings (SSSR count). The number of methoxy groups -OCH3 is 1. The molecule has 2 aromatic carbocycles. The average molecular weight is 357 g/mol. The molecule has 1 unspecified atom stereocenters. The molecule has 0 radical (unpaired) electrons. The van der Waals surface area contributed by atoms with E-state index in [1.807, 2.05) is 32.0 Å². The van der Waals surface area contributed by atoms with Gasteiger partial charge in [-0.1, -0.05) is 18.2 Å². The van der Waals surface area contributed by atoms with Crippen LogP contribution in [-0.2, 0) is 14.3 Å². The van der Waals surface area contributed by atoms with Gasteiger partial charge in [-0.25, -0.2) is 4.79 Å². The summed E-state index contributed by atoms with van der Waals surface area (Å²) < 4.78 is 15.7. The van der Waals surface area contributed by atoms with Crippen molar-refractivity contribution in [3.8, 4) is 11.5 Å². The maximum Gasteiger partial charge on any atom is 0.344 e. The summed E-state index contributed by atoms with van der Waals surface area (Å²) >= 11 is 0. The minimum atomic E-state index is -0.963. The van der Waals surface area contributed by atoms with Gasteiger partial charge in [-0.15, -0.1) is 0 Å². The monoisotopic (exact) mass is 357 g/mol. The number of aryl methyl sites for hydroxylation is 2. The van der Waals surface area contributed by atoms with Crippen molar-refractivity contribution < 1.29 is 23.8 Å². The fourth-order valence-corrected chi connectivity index (χ4v) is 2.43. The second-order valence-corrected chi connectivity index (χ2v) is 5.93. The van der Waals surface area contributed by atoms with Crippen molar-refractivity contribution in [2.45, 2.75) is 26.9 Å². The maximum absolute atomic E-state index is 12.2. The smallest absolute Gasteiger partial charge is 0.344 e. The third kappa shape index (κ3) is 5.51. The summed E-state index contributed by atoms with van der Waals surface area (Å²) in [6.45, 7) is 5.12. The van der Waals surface area contributed by atoms with Crippen LogP contribution in [0.5, 0.6) is 11.5 Å². The number of nitrogens with one attached hydrogen (secondary N) is 1. The first-order valence-electron chi connectivity index (χ1n) is 8.23. The van der Waals surface area contributed by atoms with E-state index in [-0.39, 0.29) is 6.61 Å². The molecule has 1 N–H and O–H groups in total. The van der Waals surface area contributed by atoms with E-state index in [0.717, 1.165) is 11.1 Å². The molecule has 0 aliphatic carbocycles. The zero-order chi connectivity index (χ0) is 19.1. The summed E-state index contributed by atoms with van der Waals surface area (Å²) in [5.74, 6) is 0.0455. The van der Waals surface area contributed by atoms with Gasteiger partial charge in [0, 0.05) is 0 Å². The molecule has 26 heavy (non-hydrogen) atoms. The number of esters is 1. The Balaban J connectivity index is 1.86. The Morgan fingerprint density at radius 3 is 2.38 bits per heavy atom. The van der Waals surface area contributed by atoms with E-state index in [1.54, 1.807) is 24.3 Å². The SMILES string of the molecule is COc1ccccc1NC(=O)C(C)OC(=O)COc1cc(C)cc(C)c1. The van der Waals surface area contributed by atoms with E-state index in [2.05, 4.69) is 5.32 Å². The van der Waals surface area contributed by atoms with Crippen LogP contribution in [0.2, 0.25) is 0 Å². The molecule has 0 spiro atoms. The van der Waals surface area contributed by atoms with Gasteiger partial charge in [0.2, 0.25) is 0 Å². The van der Waals surface area contributed by atoms with Crippen molar-refractivity contribution in [3.05, 3.63) is 53.6 Å². The van der Waals surface area contributed by atoms with E-state index < -0.39 is 18.0 Å². The minimum Gasteiger partial charge on any atom is -0.495 e. The third-order valence-corrected chi connectivity index (χ3v) is 3.59. The molecule has 0 bridgehead atoms. The van der Waals surface area contributed by atoms with Crippen LogP contribution in [0.1, 0.15) is 18.1 Å². The molecule has 0 fully saturated rings. The number of ether oxygens (including phenoxy) is 3. The highest BCUT2D eigenvalue weighted by Crippen LogP contribution is 2.23. The van der Waals surface area contributed by atoms with Crippen molar-refractivity contribution in [2.24, 2.45) is 0 Å². The first-order valence-corrected chi connectivity index (χ1v) is 8.23. The fourth-order valence-electron chi connectivity index (χ4n) is 2.43. The Bertz CT molecular complexity index is 767. The lowest BCUT2D eigenvalue weighted by atomic mass is 10.1. The molecule has 1 amide bonds. The number of hydrogen-bond donors (Lipinski definition) is 1. The number of benzene rings is 2. The Kier molecular flexibility index (Phi) is 6.60. The fraction of sp³-hybridized carbons (Fsp3) is 0.300. The van der Waals surface area contributed by atoms with Gasteiger partial charge in [0.25, 0.3) is 5.91 Å². The van der Waals surface area contributed by atoms with E-state index in [1.165, 1.54) is 14.0 Å². The topological polar surface area (TPSA) is 73.9 Å². The molecule has 0 heterocycles. The lowest BCUT2D eigenvalue weighted by Gasteiger charge is -2.15. The molecular weight excluding hydrogens is 334 g/mol. The first kappa shape index (κ1) is 19.3. The van der Waals surface area contributed by atoms with Gasteiger partial charge >= 0.3 is 5.97 Å². The summed E-state index contributed by atoms with van der Waals surface area (Å²) in [4.78, 5) is 24.1. The molecule has 0 saturated heterocycles. The van der Waals surface area contributed by atoms with Crippen LogP contribution in [0.25, 0.3) is 0 Å². The van der Waals surface area contributed by atoms with Crippen LogP contribution in [-0.4, -0.2) is 31.7 Å². The second kappa shape index (κ2) is 8.89. The third-order valence-electron chi connectivity index (χ3n) is 3.59. The number of carbonyl (C=O) groups excluding carboxylic acids is 2. The predicted octanol–water partition coefficient (Wildman–Crippen LogP) is 3.26. The summed E-state index contributed by atoms with van der Waals surface area (Å²) in [6, 6.07) is 12.7. The van der Waals surface area contributed by atoms with Gasteiger partial charge in [0.1, 0.15) is 11.5 Å². The molecule has 6 nitrogen and oxygen atoms in total. The Morgan fingerprint density at radius 1 is 1.08 bits per heavy atom. The van der Waals surface area contributed by atoms with Gasteiger partial charge in [0.15, 0.2) is 12.7 Å². The number of rotatable bonds is 7. The molecule has 6 heteroatoms. The van der Waals surface area contributed by atoms with Gasteiger partial charge in [0.05, 0.1) is 12.8 Å². The van der Waals surface area contributed by atoms with Crippen LogP contribution in [0.3, 0.4) is 0 Å². The standard InChI is InChI=1S/C20H23NO5/c1-13-9-14(2)11-16(10-13)25-12-19(22)26-15(3)20(23)21-17-7-5-6-8-18(17)24-4/h5-11,15H,12H2,1-4H3,(H,21,23). The Hall–Kier alpha value is -3.02. The van der Waals surface area contributed by atoms with Crippen molar-refractivity contribution >= 4 is 17.6 Å². The molecule has 138 valence electrons. The molecule has 0 saturated carbocycles. The maximum atomic E-state index is 12.2. The summed E-state index contributed by atoms with van der Waals surface area (Å²) in [5.41, 5.74) is 2.59. The van der Waals surface area contributed by atoms with E-state index in [4.69, 9.17) is 14.2 Å². The summed E-state index contributed by atoms with van der Waals surface area (Å²) in [6.07, 6.45) is -0.963. The first-order chi connectivity index (χ1) is 12.4. The molecule has 1 atom stereocenters. The number of carbonyl (C=O) groups is 2. The normalized spacial score (nSPS) is 11.4. The molecular formula is C20H23NO5. The Morgan fingerprint density at radius 2 is 1.73 bits per heavy atom. The largest absolute Gasteiger partial charge is 0.495 e. The van der Waals surface area contributed by atoms with Crippen LogP contribution in [0.15, 0.2) is 42.5 Å². The van der Waals surface area contributed by atoms with E-state index in [9.17, 15) is 9.59 Å². The molecule has 2 aromatic rings. The van der Waals surface area contributed by atoms with Gasteiger partial charge in [-0.2, -0.15) is 0 Å². The van der Waals surface area contributed by atoms with E-state index in [0.29, 0.717) is 17.2 Å². The average Bonchev–Trinajstić information content (AvgIpc) is 2.59. The van der Waals surface area contributed by atoms with Crippen molar-refractivity contribution in [1.29, 1.82) is 0 Å². The lowest BCUT2D eigenvalue weighted by molar-refractivity contribution is -0.155. The number of para-hydroxylation sites is 2. The molecule has 0 aliphatic rings. The summed E-state index contributed by atoms with van der Waals surface area (Å²) in [5, 5.41) is 2.67. The minimum absolute atomic E-state index is 0.269. The Labute approximate surface area is 153 Å². The highest BCUT2D eigenvalue weighted by molar-refractivity contribution is 5.96. The van der Waals surface area contributed by atoms with Gasteiger partial charge in [-0.3, -0.25) is 4.79 Å². The number of hydrogen-bond acceptors (Lipinski definition) is 5. The van der Waals surface area contributed by atoms with E-state index >= 15 is 0 Å². The molecule has 0 aromatic heterocycles. The quantitative estimate of drug-likeness (QED) is 0.770. The number of anilines is 1.